The number of benzene rings is 2. The maximum absolute atomic E-state index is 13.0. The van der Waals surface area contributed by atoms with Crippen molar-refractivity contribution in [1.29, 1.82) is 5.26 Å². The molecule has 9 heteroatoms. The number of nitriles is 1. The van der Waals surface area contributed by atoms with Gasteiger partial charge in [0.15, 0.2) is 5.69 Å². The van der Waals surface area contributed by atoms with Gasteiger partial charge in [-0.05, 0) is 36.8 Å². The third-order valence-corrected chi connectivity index (χ3v) is 4.23. The fourth-order valence-electron chi connectivity index (χ4n) is 2.69. The van der Waals surface area contributed by atoms with Crippen LogP contribution in [0.3, 0.4) is 0 Å². The number of ether oxygens (including phenoxy) is 1. The molecular formula is C21H16FN5O3. The van der Waals surface area contributed by atoms with Crippen LogP contribution in [-0.2, 0) is 0 Å². The Morgan fingerprint density at radius 2 is 1.97 bits per heavy atom. The lowest BCUT2D eigenvalue weighted by Crippen LogP contribution is -2.31. The Labute approximate surface area is 170 Å². The van der Waals surface area contributed by atoms with Gasteiger partial charge in [-0.25, -0.2) is 9.82 Å². The minimum atomic E-state index is -0.717. The molecule has 2 aromatic carbocycles. The molecule has 8 nitrogen and oxygen atoms in total. The SMILES string of the molecule is COc1ccccc1-n1nc(C(=O)N/N=C/c2ccc(F)cc2)c(C)c(C#N)c1=O. The van der Waals surface area contributed by atoms with Gasteiger partial charge in [0.1, 0.15) is 28.9 Å². The third-order valence-electron chi connectivity index (χ3n) is 4.23. The van der Waals surface area contributed by atoms with E-state index in [1.807, 2.05) is 6.07 Å². The van der Waals surface area contributed by atoms with Crippen LogP contribution in [0, 0.1) is 24.1 Å². The van der Waals surface area contributed by atoms with Crippen molar-refractivity contribution in [3.8, 4) is 17.5 Å². The van der Waals surface area contributed by atoms with Crippen molar-refractivity contribution in [3.63, 3.8) is 0 Å². The molecule has 30 heavy (non-hydrogen) atoms. The summed E-state index contributed by atoms with van der Waals surface area (Å²) in [6, 6.07) is 13.9. The molecule has 0 aliphatic rings. The summed E-state index contributed by atoms with van der Waals surface area (Å²) < 4.78 is 19.1. The molecule has 0 bridgehead atoms. The van der Waals surface area contributed by atoms with Crippen LogP contribution in [0.5, 0.6) is 5.75 Å². The molecule has 1 N–H and O–H groups in total. The molecule has 3 rings (SSSR count). The van der Waals surface area contributed by atoms with Crippen molar-refractivity contribution >= 4 is 12.1 Å². The maximum atomic E-state index is 13.0. The molecule has 0 atom stereocenters. The predicted octanol–water partition coefficient (Wildman–Crippen LogP) is 2.32. The molecule has 0 unspecified atom stereocenters. The van der Waals surface area contributed by atoms with Crippen LogP contribution in [0.25, 0.3) is 5.69 Å². The zero-order valence-electron chi connectivity index (χ0n) is 16.1. The summed E-state index contributed by atoms with van der Waals surface area (Å²) in [5.74, 6) is -0.759. The molecule has 0 fully saturated rings. The molecule has 0 saturated heterocycles. The van der Waals surface area contributed by atoms with E-state index in [-0.39, 0.29) is 22.5 Å². The zero-order chi connectivity index (χ0) is 21.7. The second-order valence-corrected chi connectivity index (χ2v) is 6.10. The van der Waals surface area contributed by atoms with Crippen LogP contribution in [0.15, 0.2) is 58.4 Å². The second-order valence-electron chi connectivity index (χ2n) is 6.10. The molecule has 0 saturated carbocycles. The van der Waals surface area contributed by atoms with Crippen LogP contribution < -0.4 is 15.7 Å². The Balaban J connectivity index is 2.00. The van der Waals surface area contributed by atoms with Gasteiger partial charge < -0.3 is 4.74 Å². The number of hydrogen-bond acceptors (Lipinski definition) is 6. The fraction of sp³-hybridized carbons (Fsp3) is 0.0952. The normalized spacial score (nSPS) is 10.6. The summed E-state index contributed by atoms with van der Waals surface area (Å²) in [6.07, 6.45) is 1.33. The van der Waals surface area contributed by atoms with Gasteiger partial charge in [-0.3, -0.25) is 9.59 Å². The summed E-state index contributed by atoms with van der Waals surface area (Å²) in [4.78, 5) is 25.3. The first-order valence-corrected chi connectivity index (χ1v) is 8.72. The number of carbonyl (C=O) groups excluding carboxylic acids is 1. The first-order valence-electron chi connectivity index (χ1n) is 8.72. The number of para-hydroxylation sites is 2. The quantitative estimate of drug-likeness (QED) is 0.518. The monoisotopic (exact) mass is 405 g/mol. The molecule has 1 amide bonds. The molecular weight excluding hydrogens is 389 g/mol. The molecule has 150 valence electrons. The van der Waals surface area contributed by atoms with Crippen molar-refractivity contribution in [2.45, 2.75) is 6.92 Å². The largest absolute Gasteiger partial charge is 0.494 e. The summed E-state index contributed by atoms with van der Waals surface area (Å²) in [5.41, 5.74) is 2.24. The molecule has 0 aliphatic heterocycles. The van der Waals surface area contributed by atoms with Crippen molar-refractivity contribution < 1.29 is 13.9 Å². The molecule has 3 aromatic rings. The van der Waals surface area contributed by atoms with Crippen LogP contribution in [0.2, 0.25) is 0 Å². The smallest absolute Gasteiger partial charge is 0.292 e. The van der Waals surface area contributed by atoms with E-state index < -0.39 is 17.3 Å². The van der Waals surface area contributed by atoms with Crippen molar-refractivity contribution in [2.75, 3.05) is 7.11 Å². The van der Waals surface area contributed by atoms with E-state index in [1.54, 1.807) is 24.3 Å². The van der Waals surface area contributed by atoms with Gasteiger partial charge in [-0.15, -0.1) is 0 Å². The molecule has 0 aliphatic carbocycles. The summed E-state index contributed by atoms with van der Waals surface area (Å²) in [7, 11) is 1.43. The lowest BCUT2D eigenvalue weighted by Gasteiger charge is -2.13. The number of methoxy groups -OCH3 is 1. The van der Waals surface area contributed by atoms with Gasteiger partial charge in [-0.1, -0.05) is 24.3 Å². The Hall–Kier alpha value is -4.32. The van der Waals surface area contributed by atoms with E-state index in [4.69, 9.17) is 4.74 Å². The van der Waals surface area contributed by atoms with Crippen molar-refractivity contribution in [1.82, 2.24) is 15.2 Å². The van der Waals surface area contributed by atoms with E-state index in [1.165, 1.54) is 44.5 Å². The summed E-state index contributed by atoms with van der Waals surface area (Å²) in [5, 5.41) is 17.4. The zero-order valence-corrected chi connectivity index (χ0v) is 16.1. The van der Waals surface area contributed by atoms with E-state index in [9.17, 15) is 19.2 Å². The number of rotatable bonds is 5. The average molecular weight is 405 g/mol. The van der Waals surface area contributed by atoms with Crippen molar-refractivity contribution in [2.24, 2.45) is 5.10 Å². The van der Waals surface area contributed by atoms with Crippen LogP contribution in [0.4, 0.5) is 4.39 Å². The highest BCUT2D eigenvalue weighted by Gasteiger charge is 2.21. The summed E-state index contributed by atoms with van der Waals surface area (Å²) >= 11 is 0. The topological polar surface area (TPSA) is 109 Å². The molecule has 1 heterocycles. The second kappa shape index (κ2) is 8.79. The standard InChI is InChI=1S/C21H16FN5O3/c1-13-16(11-23)21(29)27(17-5-3-4-6-18(17)30-2)26-19(13)20(28)25-24-12-14-7-9-15(22)10-8-14/h3-10,12H,1-2H3,(H,25,28)/b24-12+. The Morgan fingerprint density at radius 3 is 2.63 bits per heavy atom. The molecule has 1 aromatic heterocycles. The van der Waals surface area contributed by atoms with Crippen LogP contribution >= 0.6 is 0 Å². The number of carbonyl (C=O) groups is 1. The Morgan fingerprint density at radius 1 is 1.27 bits per heavy atom. The highest BCUT2D eigenvalue weighted by Crippen LogP contribution is 2.21. The van der Waals surface area contributed by atoms with Crippen molar-refractivity contribution in [3.05, 3.63) is 87.1 Å². The number of aromatic nitrogens is 2. The van der Waals surface area contributed by atoms with E-state index in [0.717, 1.165) is 4.68 Å². The lowest BCUT2D eigenvalue weighted by atomic mass is 10.1. The number of hydrazone groups is 1. The van der Waals surface area contributed by atoms with Crippen LogP contribution in [0.1, 0.15) is 27.2 Å². The maximum Gasteiger partial charge on any atom is 0.292 e. The first-order chi connectivity index (χ1) is 14.5. The minimum Gasteiger partial charge on any atom is -0.494 e. The number of halogens is 1. The van der Waals surface area contributed by atoms with Crippen LogP contribution in [-0.4, -0.2) is 29.0 Å². The fourth-order valence-corrected chi connectivity index (χ4v) is 2.69. The summed E-state index contributed by atoms with van der Waals surface area (Å²) in [6.45, 7) is 1.46. The Bertz CT molecular complexity index is 1230. The molecule has 0 spiro atoms. The van der Waals surface area contributed by atoms with E-state index >= 15 is 0 Å². The van der Waals surface area contributed by atoms with Gasteiger partial charge in [-0.2, -0.15) is 20.1 Å². The number of hydrogen-bond donors (Lipinski definition) is 1. The van der Waals surface area contributed by atoms with E-state index in [2.05, 4.69) is 15.6 Å². The van der Waals surface area contributed by atoms with Gasteiger partial charge in [0.2, 0.25) is 0 Å². The highest BCUT2D eigenvalue weighted by atomic mass is 19.1. The predicted molar refractivity (Wildman–Crippen MR) is 107 cm³/mol. The Kier molecular flexibility index (Phi) is 5.98. The number of amides is 1. The minimum absolute atomic E-state index is 0.128. The highest BCUT2D eigenvalue weighted by molar-refractivity contribution is 5.94. The average Bonchev–Trinajstić information content (AvgIpc) is 2.75. The van der Waals surface area contributed by atoms with Gasteiger partial charge >= 0.3 is 0 Å². The van der Waals surface area contributed by atoms with Gasteiger partial charge in [0.05, 0.1) is 13.3 Å². The third kappa shape index (κ3) is 4.07. The lowest BCUT2D eigenvalue weighted by molar-refractivity contribution is 0.0947. The van der Waals surface area contributed by atoms with E-state index in [0.29, 0.717) is 11.3 Å². The number of nitrogens with one attached hydrogen (secondary N) is 1. The first kappa shape index (κ1) is 20.4. The number of nitrogens with zero attached hydrogens (tertiary/aromatic N) is 4. The molecule has 0 radical (unpaired) electrons. The van der Waals surface area contributed by atoms with Gasteiger partial charge in [0.25, 0.3) is 11.5 Å². The van der Waals surface area contributed by atoms with Gasteiger partial charge in [0, 0.05) is 5.56 Å².